The van der Waals surface area contributed by atoms with Gasteiger partial charge in [-0.1, -0.05) is 38.0 Å². The number of ether oxygens (including phenoxy) is 1. The van der Waals surface area contributed by atoms with Crippen LogP contribution in [-0.4, -0.2) is 23.9 Å². The van der Waals surface area contributed by atoms with Crippen LogP contribution >= 0.6 is 0 Å². The van der Waals surface area contributed by atoms with E-state index in [2.05, 4.69) is 25.2 Å². The van der Waals surface area contributed by atoms with Crippen molar-refractivity contribution in [1.82, 2.24) is 5.32 Å². The van der Waals surface area contributed by atoms with Gasteiger partial charge in [0.05, 0.1) is 5.60 Å². The van der Waals surface area contributed by atoms with Gasteiger partial charge in [0.15, 0.2) is 0 Å². The minimum Gasteiger partial charge on any atom is -0.490 e. The van der Waals surface area contributed by atoms with Crippen LogP contribution in [0.1, 0.15) is 57.6 Å². The molecule has 2 rings (SSSR count). The van der Waals surface area contributed by atoms with Gasteiger partial charge in [0.1, 0.15) is 12.4 Å². The fourth-order valence-electron chi connectivity index (χ4n) is 2.83. The summed E-state index contributed by atoms with van der Waals surface area (Å²) in [6, 6.07) is 8.39. The molecule has 1 aliphatic rings. The molecule has 1 aromatic rings. The summed E-state index contributed by atoms with van der Waals surface area (Å²) in [5.74, 6) is 0.893. The Labute approximate surface area is 122 Å². The SMILES string of the molecule is CCCNC(C)c1ccccc1OCC1(O)CCCC1. The molecular weight excluding hydrogens is 250 g/mol. The van der Waals surface area contributed by atoms with Crippen molar-refractivity contribution in [3.05, 3.63) is 29.8 Å². The molecule has 1 saturated carbocycles. The van der Waals surface area contributed by atoms with E-state index >= 15 is 0 Å². The molecule has 0 heterocycles. The van der Waals surface area contributed by atoms with Gasteiger partial charge >= 0.3 is 0 Å². The first-order valence-corrected chi connectivity index (χ1v) is 7.82. The predicted octanol–water partition coefficient (Wildman–Crippen LogP) is 3.43. The van der Waals surface area contributed by atoms with Gasteiger partial charge < -0.3 is 15.2 Å². The molecular formula is C17H27NO2. The van der Waals surface area contributed by atoms with Gasteiger partial charge in [0, 0.05) is 11.6 Å². The third-order valence-corrected chi connectivity index (χ3v) is 4.12. The minimum atomic E-state index is -0.618. The van der Waals surface area contributed by atoms with E-state index in [0.717, 1.165) is 44.4 Å². The van der Waals surface area contributed by atoms with Crippen LogP contribution < -0.4 is 10.1 Å². The topological polar surface area (TPSA) is 41.5 Å². The van der Waals surface area contributed by atoms with Crippen molar-refractivity contribution in [2.45, 2.75) is 57.6 Å². The Bertz CT molecular complexity index is 413. The maximum atomic E-state index is 10.4. The molecule has 0 aromatic heterocycles. The molecule has 112 valence electrons. The molecule has 1 atom stereocenters. The zero-order valence-corrected chi connectivity index (χ0v) is 12.7. The number of rotatable bonds is 7. The van der Waals surface area contributed by atoms with Crippen LogP contribution in [0.25, 0.3) is 0 Å². The van der Waals surface area contributed by atoms with E-state index in [1.165, 1.54) is 5.56 Å². The number of hydrogen-bond acceptors (Lipinski definition) is 3. The van der Waals surface area contributed by atoms with E-state index < -0.39 is 5.60 Å². The van der Waals surface area contributed by atoms with Crippen LogP contribution in [0.3, 0.4) is 0 Å². The van der Waals surface area contributed by atoms with Crippen molar-refractivity contribution in [3.63, 3.8) is 0 Å². The van der Waals surface area contributed by atoms with E-state index in [-0.39, 0.29) is 6.04 Å². The first-order valence-electron chi connectivity index (χ1n) is 7.82. The van der Waals surface area contributed by atoms with Crippen molar-refractivity contribution >= 4 is 0 Å². The van der Waals surface area contributed by atoms with Gasteiger partial charge in [0.2, 0.25) is 0 Å². The van der Waals surface area contributed by atoms with Crippen LogP contribution in [0.2, 0.25) is 0 Å². The van der Waals surface area contributed by atoms with Gasteiger partial charge in [-0.2, -0.15) is 0 Å². The second-order valence-corrected chi connectivity index (χ2v) is 5.93. The molecule has 2 N–H and O–H groups in total. The summed E-state index contributed by atoms with van der Waals surface area (Å²) in [7, 11) is 0. The van der Waals surface area contributed by atoms with E-state index in [1.54, 1.807) is 0 Å². The molecule has 1 unspecified atom stereocenters. The standard InChI is InChI=1S/C17H27NO2/c1-3-12-18-14(2)15-8-4-5-9-16(15)20-13-17(19)10-6-7-11-17/h4-5,8-9,14,18-19H,3,6-7,10-13H2,1-2H3. The predicted molar refractivity (Wildman–Crippen MR) is 82.1 cm³/mol. The van der Waals surface area contributed by atoms with E-state index in [9.17, 15) is 5.11 Å². The van der Waals surface area contributed by atoms with E-state index in [4.69, 9.17) is 4.74 Å². The quantitative estimate of drug-likeness (QED) is 0.802. The van der Waals surface area contributed by atoms with Crippen molar-refractivity contribution in [2.24, 2.45) is 0 Å². The highest BCUT2D eigenvalue weighted by Gasteiger charge is 2.32. The maximum Gasteiger partial charge on any atom is 0.124 e. The number of nitrogens with one attached hydrogen (secondary N) is 1. The highest BCUT2D eigenvalue weighted by molar-refractivity contribution is 5.35. The van der Waals surface area contributed by atoms with Crippen LogP contribution in [0, 0.1) is 0 Å². The zero-order chi connectivity index (χ0) is 14.4. The van der Waals surface area contributed by atoms with Crippen LogP contribution in [0.4, 0.5) is 0 Å². The molecule has 0 amide bonds. The first-order chi connectivity index (χ1) is 9.64. The van der Waals surface area contributed by atoms with Crippen LogP contribution in [0.15, 0.2) is 24.3 Å². The van der Waals surface area contributed by atoms with Crippen molar-refractivity contribution < 1.29 is 9.84 Å². The normalized spacial score (nSPS) is 18.9. The van der Waals surface area contributed by atoms with E-state index in [1.807, 2.05) is 18.2 Å². The molecule has 0 saturated heterocycles. The van der Waals surface area contributed by atoms with Gasteiger partial charge in [0.25, 0.3) is 0 Å². The summed E-state index contributed by atoms with van der Waals surface area (Å²) in [5, 5.41) is 13.9. The fourth-order valence-corrected chi connectivity index (χ4v) is 2.83. The number of aliphatic hydroxyl groups is 1. The summed E-state index contributed by atoms with van der Waals surface area (Å²) in [6.45, 7) is 5.73. The molecule has 20 heavy (non-hydrogen) atoms. The average molecular weight is 277 g/mol. The van der Waals surface area contributed by atoms with Crippen molar-refractivity contribution in [1.29, 1.82) is 0 Å². The summed E-state index contributed by atoms with van der Waals surface area (Å²) in [6.07, 6.45) is 5.05. The maximum absolute atomic E-state index is 10.4. The third-order valence-electron chi connectivity index (χ3n) is 4.12. The van der Waals surface area contributed by atoms with Gasteiger partial charge in [-0.15, -0.1) is 0 Å². The molecule has 0 spiro atoms. The number of para-hydroxylation sites is 1. The van der Waals surface area contributed by atoms with Crippen LogP contribution in [-0.2, 0) is 0 Å². The second kappa shape index (κ2) is 7.09. The lowest BCUT2D eigenvalue weighted by Gasteiger charge is -2.24. The summed E-state index contributed by atoms with van der Waals surface area (Å²) >= 11 is 0. The van der Waals surface area contributed by atoms with Crippen LogP contribution in [0.5, 0.6) is 5.75 Å². The summed E-state index contributed by atoms with van der Waals surface area (Å²) in [4.78, 5) is 0. The Hall–Kier alpha value is -1.06. The van der Waals surface area contributed by atoms with Gasteiger partial charge in [-0.05, 0) is 38.8 Å². The summed E-state index contributed by atoms with van der Waals surface area (Å²) < 4.78 is 5.94. The highest BCUT2D eigenvalue weighted by atomic mass is 16.5. The number of benzene rings is 1. The molecule has 3 heteroatoms. The van der Waals surface area contributed by atoms with Gasteiger partial charge in [-0.3, -0.25) is 0 Å². The Kier molecular flexibility index (Phi) is 5.44. The molecule has 3 nitrogen and oxygen atoms in total. The molecule has 1 aromatic carbocycles. The lowest BCUT2D eigenvalue weighted by atomic mass is 10.0. The molecule has 1 fully saturated rings. The minimum absolute atomic E-state index is 0.268. The highest BCUT2D eigenvalue weighted by Crippen LogP contribution is 2.31. The van der Waals surface area contributed by atoms with Crippen molar-refractivity contribution in [3.8, 4) is 5.75 Å². The molecule has 0 radical (unpaired) electrons. The van der Waals surface area contributed by atoms with E-state index in [0.29, 0.717) is 6.61 Å². The Morgan fingerprint density at radius 3 is 2.70 bits per heavy atom. The van der Waals surface area contributed by atoms with Crippen molar-refractivity contribution in [2.75, 3.05) is 13.2 Å². The Morgan fingerprint density at radius 1 is 1.30 bits per heavy atom. The smallest absolute Gasteiger partial charge is 0.124 e. The summed E-state index contributed by atoms with van der Waals surface area (Å²) in [5.41, 5.74) is 0.551. The third kappa shape index (κ3) is 3.97. The Balaban J connectivity index is 2.00. The second-order valence-electron chi connectivity index (χ2n) is 5.93. The fraction of sp³-hybridized carbons (Fsp3) is 0.647. The Morgan fingerprint density at radius 2 is 2.00 bits per heavy atom. The monoisotopic (exact) mass is 277 g/mol. The first kappa shape index (κ1) is 15.3. The lowest BCUT2D eigenvalue weighted by molar-refractivity contribution is 0.00101. The molecule has 1 aliphatic carbocycles. The van der Waals surface area contributed by atoms with Gasteiger partial charge in [-0.25, -0.2) is 0 Å². The average Bonchev–Trinajstić information content (AvgIpc) is 2.90. The molecule has 0 aliphatic heterocycles. The zero-order valence-electron chi connectivity index (χ0n) is 12.7. The largest absolute Gasteiger partial charge is 0.490 e. The number of hydrogen-bond donors (Lipinski definition) is 2. The molecule has 0 bridgehead atoms. The lowest BCUT2D eigenvalue weighted by Crippen LogP contribution is -2.32.